The van der Waals surface area contributed by atoms with Gasteiger partial charge in [0.25, 0.3) is 0 Å². The molecule has 0 aliphatic carbocycles. The highest BCUT2D eigenvalue weighted by Gasteiger charge is 1.93. The van der Waals surface area contributed by atoms with Crippen molar-refractivity contribution in [2.24, 2.45) is 20.0 Å². The van der Waals surface area contributed by atoms with Crippen molar-refractivity contribution < 1.29 is 0 Å². The minimum atomic E-state index is 0.528. The third kappa shape index (κ3) is 1.89. The summed E-state index contributed by atoms with van der Waals surface area (Å²) in [7, 11) is 1.69. The van der Waals surface area contributed by atoms with Crippen molar-refractivity contribution in [1.82, 2.24) is 0 Å². The zero-order valence-corrected chi connectivity index (χ0v) is 5.73. The van der Waals surface area contributed by atoms with Crippen LogP contribution in [0.1, 0.15) is 0 Å². The van der Waals surface area contributed by atoms with Gasteiger partial charge in [0.1, 0.15) is 0 Å². The molecule has 4 nitrogen and oxygen atoms in total. The molecule has 0 bridgehead atoms. The fourth-order valence-corrected chi connectivity index (χ4v) is 0.527. The summed E-state index contributed by atoms with van der Waals surface area (Å²) in [5, 5.41) is 0. The van der Waals surface area contributed by atoms with E-state index in [1.165, 1.54) is 0 Å². The molecule has 0 aromatic rings. The standard InChI is InChI=1S/C6H8N4/c1-7-2-3-8-6-9-4-5-10-6/h2-4H,5H2,1H3/b7-2-,8-3-. The number of guanidine groups is 1. The van der Waals surface area contributed by atoms with Gasteiger partial charge in [-0.15, -0.1) is 0 Å². The lowest BCUT2D eigenvalue weighted by atomic mass is 10.8. The smallest absolute Gasteiger partial charge is 0.244 e. The van der Waals surface area contributed by atoms with Crippen LogP contribution in [0.5, 0.6) is 0 Å². The fourth-order valence-electron chi connectivity index (χ4n) is 0.527. The molecule has 52 valence electrons. The Kier molecular flexibility index (Phi) is 2.49. The Balaban J connectivity index is 2.44. The molecular weight excluding hydrogens is 128 g/mol. The minimum Gasteiger partial charge on any atom is -0.295 e. The van der Waals surface area contributed by atoms with Gasteiger partial charge in [0.2, 0.25) is 5.96 Å². The average molecular weight is 136 g/mol. The van der Waals surface area contributed by atoms with E-state index in [9.17, 15) is 0 Å². The predicted octanol–water partition coefficient (Wildman–Crippen LogP) is 0.198. The highest BCUT2D eigenvalue weighted by Crippen LogP contribution is 1.88. The van der Waals surface area contributed by atoms with E-state index in [1.807, 2.05) is 0 Å². The number of hydrogen-bond donors (Lipinski definition) is 0. The Bertz CT molecular complexity index is 212. The highest BCUT2D eigenvalue weighted by atomic mass is 15.1. The molecule has 0 radical (unpaired) electrons. The van der Waals surface area contributed by atoms with E-state index >= 15 is 0 Å². The molecule has 0 atom stereocenters. The van der Waals surface area contributed by atoms with E-state index in [2.05, 4.69) is 20.0 Å². The molecule has 0 fully saturated rings. The van der Waals surface area contributed by atoms with Crippen molar-refractivity contribution in [2.75, 3.05) is 13.6 Å². The molecule has 0 saturated heterocycles. The lowest BCUT2D eigenvalue weighted by molar-refractivity contribution is 1.34. The fraction of sp³-hybridized carbons (Fsp3) is 0.333. The Labute approximate surface area is 59.1 Å². The summed E-state index contributed by atoms with van der Waals surface area (Å²) in [6.07, 6.45) is 4.88. The molecular formula is C6H8N4. The Morgan fingerprint density at radius 1 is 1.60 bits per heavy atom. The third-order valence-corrected chi connectivity index (χ3v) is 0.927. The normalized spacial score (nSPS) is 17.5. The van der Waals surface area contributed by atoms with Crippen LogP contribution in [0.15, 0.2) is 20.0 Å². The molecule has 1 heterocycles. The molecule has 0 spiro atoms. The molecule has 0 amide bonds. The maximum Gasteiger partial charge on any atom is 0.244 e. The van der Waals surface area contributed by atoms with Crippen molar-refractivity contribution in [3.05, 3.63) is 0 Å². The van der Waals surface area contributed by atoms with Gasteiger partial charge in [0, 0.05) is 25.7 Å². The van der Waals surface area contributed by atoms with Crippen LogP contribution in [-0.2, 0) is 0 Å². The van der Waals surface area contributed by atoms with Crippen molar-refractivity contribution in [3.63, 3.8) is 0 Å². The van der Waals surface area contributed by atoms with Gasteiger partial charge < -0.3 is 0 Å². The lowest BCUT2D eigenvalue weighted by Gasteiger charge is -1.79. The van der Waals surface area contributed by atoms with Gasteiger partial charge in [0.05, 0.1) is 6.54 Å². The van der Waals surface area contributed by atoms with E-state index in [0.717, 1.165) is 0 Å². The van der Waals surface area contributed by atoms with Crippen LogP contribution in [-0.4, -0.2) is 38.2 Å². The number of hydrogen-bond acceptors (Lipinski definition) is 4. The Morgan fingerprint density at radius 2 is 2.50 bits per heavy atom. The summed E-state index contributed by atoms with van der Waals surface area (Å²) >= 11 is 0. The van der Waals surface area contributed by atoms with Crippen LogP contribution >= 0.6 is 0 Å². The number of nitrogens with zero attached hydrogens (tertiary/aromatic N) is 4. The maximum absolute atomic E-state index is 3.94. The molecule has 1 rings (SSSR count). The second-order valence-electron chi connectivity index (χ2n) is 1.64. The summed E-state index contributed by atoms with van der Waals surface area (Å²) in [6, 6.07) is 0. The molecule has 0 saturated carbocycles. The van der Waals surface area contributed by atoms with E-state index < -0.39 is 0 Å². The highest BCUT2D eigenvalue weighted by molar-refractivity contribution is 6.19. The number of aliphatic imine (C=N–C) groups is 4. The summed E-state index contributed by atoms with van der Waals surface area (Å²) in [5.41, 5.74) is 0. The summed E-state index contributed by atoms with van der Waals surface area (Å²) in [4.78, 5) is 15.4. The monoisotopic (exact) mass is 136 g/mol. The molecule has 1 aliphatic heterocycles. The van der Waals surface area contributed by atoms with Crippen molar-refractivity contribution in [2.45, 2.75) is 0 Å². The van der Waals surface area contributed by atoms with Crippen LogP contribution in [0.25, 0.3) is 0 Å². The lowest BCUT2D eigenvalue weighted by Crippen LogP contribution is -1.85. The maximum atomic E-state index is 3.94. The van der Waals surface area contributed by atoms with E-state index in [-0.39, 0.29) is 0 Å². The first-order valence-electron chi connectivity index (χ1n) is 2.95. The van der Waals surface area contributed by atoms with E-state index in [0.29, 0.717) is 12.5 Å². The van der Waals surface area contributed by atoms with Crippen LogP contribution in [0, 0.1) is 0 Å². The zero-order chi connectivity index (χ0) is 7.23. The first-order valence-corrected chi connectivity index (χ1v) is 2.95. The van der Waals surface area contributed by atoms with Gasteiger partial charge >= 0.3 is 0 Å². The van der Waals surface area contributed by atoms with Crippen LogP contribution in [0.2, 0.25) is 0 Å². The molecule has 10 heavy (non-hydrogen) atoms. The predicted molar refractivity (Wildman–Crippen MR) is 43.7 cm³/mol. The van der Waals surface area contributed by atoms with Crippen molar-refractivity contribution in [1.29, 1.82) is 0 Å². The van der Waals surface area contributed by atoms with E-state index in [1.54, 1.807) is 25.7 Å². The topological polar surface area (TPSA) is 49.4 Å². The second-order valence-corrected chi connectivity index (χ2v) is 1.64. The van der Waals surface area contributed by atoms with Gasteiger partial charge in [-0.25, -0.2) is 15.0 Å². The largest absolute Gasteiger partial charge is 0.295 e. The van der Waals surface area contributed by atoms with Gasteiger partial charge in [-0.2, -0.15) is 0 Å². The second kappa shape index (κ2) is 3.66. The van der Waals surface area contributed by atoms with Crippen molar-refractivity contribution in [3.8, 4) is 0 Å². The van der Waals surface area contributed by atoms with Crippen LogP contribution in [0.4, 0.5) is 0 Å². The van der Waals surface area contributed by atoms with Gasteiger partial charge in [0.15, 0.2) is 0 Å². The first kappa shape index (κ1) is 6.80. The SMILES string of the molecule is C/N=C\C=N/C1=NCC=N1. The molecule has 4 heteroatoms. The van der Waals surface area contributed by atoms with E-state index in [4.69, 9.17) is 0 Å². The van der Waals surface area contributed by atoms with Gasteiger partial charge in [-0.05, 0) is 0 Å². The minimum absolute atomic E-state index is 0.528. The van der Waals surface area contributed by atoms with Crippen molar-refractivity contribution >= 4 is 24.6 Å². The first-order chi connectivity index (χ1) is 4.93. The van der Waals surface area contributed by atoms with Crippen LogP contribution < -0.4 is 0 Å². The summed E-state index contributed by atoms with van der Waals surface area (Å²) < 4.78 is 0. The Hall–Kier alpha value is -1.32. The average Bonchev–Trinajstić information content (AvgIpc) is 2.41. The van der Waals surface area contributed by atoms with Gasteiger partial charge in [-0.3, -0.25) is 4.99 Å². The zero-order valence-electron chi connectivity index (χ0n) is 5.73. The summed E-state index contributed by atoms with van der Waals surface area (Å²) in [6.45, 7) is 0.649. The molecule has 0 unspecified atom stereocenters. The summed E-state index contributed by atoms with van der Waals surface area (Å²) in [5.74, 6) is 0.528. The van der Waals surface area contributed by atoms with Gasteiger partial charge in [-0.1, -0.05) is 0 Å². The quantitative estimate of drug-likeness (QED) is 0.462. The van der Waals surface area contributed by atoms with Crippen LogP contribution in [0.3, 0.4) is 0 Å². The number of rotatable bonds is 1. The molecule has 0 N–H and O–H groups in total. The third-order valence-electron chi connectivity index (χ3n) is 0.927. The molecule has 1 aliphatic rings. The Morgan fingerprint density at radius 3 is 3.10 bits per heavy atom. The molecule has 0 aromatic heterocycles. The molecule has 0 aromatic carbocycles.